The lowest BCUT2D eigenvalue weighted by molar-refractivity contribution is 0.129. The van der Waals surface area contributed by atoms with Crippen LogP contribution < -0.4 is 14.8 Å². The minimum Gasteiger partial charge on any atom is -0.504 e. The third-order valence-electron chi connectivity index (χ3n) is 5.07. The molecule has 0 radical (unpaired) electrons. The van der Waals surface area contributed by atoms with Gasteiger partial charge in [0.1, 0.15) is 11.9 Å². The maximum Gasteiger partial charge on any atom is 0.193 e. The van der Waals surface area contributed by atoms with Gasteiger partial charge in [-0.25, -0.2) is 0 Å². The fourth-order valence-corrected chi connectivity index (χ4v) is 3.52. The molecule has 6 nitrogen and oxygen atoms in total. The molecule has 1 aliphatic heterocycles. The first-order valence-electron chi connectivity index (χ1n) is 10.3. The first-order chi connectivity index (χ1) is 14.2. The van der Waals surface area contributed by atoms with Crippen molar-refractivity contribution in [3.8, 4) is 17.2 Å². The predicted octanol–water partition coefficient (Wildman–Crippen LogP) is 4.07. The van der Waals surface area contributed by atoms with Gasteiger partial charge in [0.05, 0.1) is 7.11 Å². The third-order valence-corrected chi connectivity index (χ3v) is 5.07. The highest BCUT2D eigenvalue weighted by atomic mass is 127. The summed E-state index contributed by atoms with van der Waals surface area (Å²) in [5, 5.41) is 13.6. The number of hydrogen-bond donors (Lipinski definition) is 2. The summed E-state index contributed by atoms with van der Waals surface area (Å²) in [5.41, 5.74) is 0.846. The molecule has 0 saturated carbocycles. The van der Waals surface area contributed by atoms with E-state index < -0.39 is 0 Å². The van der Waals surface area contributed by atoms with Crippen LogP contribution in [0.2, 0.25) is 0 Å². The molecule has 2 N–H and O–H groups in total. The average molecular weight is 525 g/mol. The minimum atomic E-state index is 0. The Kier molecular flexibility index (Phi) is 10.1. The molecule has 7 heteroatoms. The Labute approximate surface area is 196 Å². The Morgan fingerprint density at radius 2 is 1.87 bits per heavy atom. The van der Waals surface area contributed by atoms with Crippen LogP contribution in [0.3, 0.4) is 0 Å². The number of rotatable bonds is 7. The van der Waals surface area contributed by atoms with Crippen molar-refractivity contribution in [2.45, 2.75) is 32.3 Å². The van der Waals surface area contributed by atoms with Gasteiger partial charge in [-0.2, -0.15) is 0 Å². The van der Waals surface area contributed by atoms with E-state index in [0.717, 1.165) is 49.7 Å². The molecular formula is C23H32IN3O3. The monoisotopic (exact) mass is 525 g/mol. The molecule has 1 fully saturated rings. The maximum absolute atomic E-state index is 10.2. The van der Waals surface area contributed by atoms with E-state index in [9.17, 15) is 5.11 Å². The van der Waals surface area contributed by atoms with Gasteiger partial charge in [0, 0.05) is 39.0 Å². The van der Waals surface area contributed by atoms with Gasteiger partial charge in [-0.15, -0.1) is 24.0 Å². The van der Waals surface area contributed by atoms with Crippen molar-refractivity contribution in [2.75, 3.05) is 33.3 Å². The number of para-hydroxylation sites is 2. The molecule has 0 atom stereocenters. The maximum atomic E-state index is 10.2. The number of methoxy groups -OCH3 is 1. The van der Waals surface area contributed by atoms with Gasteiger partial charge >= 0.3 is 0 Å². The second-order valence-electron chi connectivity index (χ2n) is 7.07. The van der Waals surface area contributed by atoms with Gasteiger partial charge in [-0.1, -0.05) is 30.3 Å². The fraction of sp³-hybridized carbons (Fsp3) is 0.435. The second-order valence-corrected chi connectivity index (χ2v) is 7.07. The van der Waals surface area contributed by atoms with Crippen LogP contribution in [0.5, 0.6) is 17.2 Å². The highest BCUT2D eigenvalue weighted by Gasteiger charge is 2.22. The van der Waals surface area contributed by atoms with Crippen molar-refractivity contribution in [3.05, 3.63) is 54.1 Å². The van der Waals surface area contributed by atoms with Gasteiger partial charge in [0.15, 0.2) is 17.5 Å². The summed E-state index contributed by atoms with van der Waals surface area (Å²) in [4.78, 5) is 7.07. The summed E-state index contributed by atoms with van der Waals surface area (Å²) in [7, 11) is 1.56. The van der Waals surface area contributed by atoms with Crippen molar-refractivity contribution in [2.24, 2.45) is 4.99 Å². The van der Waals surface area contributed by atoms with Crippen molar-refractivity contribution >= 4 is 29.9 Å². The van der Waals surface area contributed by atoms with Gasteiger partial charge in [-0.3, -0.25) is 4.99 Å². The summed E-state index contributed by atoms with van der Waals surface area (Å²) in [6, 6.07) is 15.6. The SMILES string of the molecule is CCNC(=NCCc1cccc(OC)c1O)N1CCC(Oc2ccccc2)CC1.I. The Hall–Kier alpha value is -2.16. The lowest BCUT2D eigenvalue weighted by atomic mass is 10.1. The number of phenolic OH excluding ortho intramolecular Hbond substituents is 1. The summed E-state index contributed by atoms with van der Waals surface area (Å²) < 4.78 is 11.3. The number of aliphatic imine (C=N–C) groups is 1. The average Bonchev–Trinajstić information content (AvgIpc) is 2.76. The molecule has 2 aromatic rings. The van der Waals surface area contributed by atoms with E-state index in [1.165, 1.54) is 0 Å². The zero-order valence-corrected chi connectivity index (χ0v) is 20.0. The van der Waals surface area contributed by atoms with Crippen LogP contribution in [0.1, 0.15) is 25.3 Å². The first kappa shape index (κ1) is 24.1. The zero-order valence-electron chi connectivity index (χ0n) is 17.7. The van der Waals surface area contributed by atoms with E-state index in [1.807, 2.05) is 42.5 Å². The number of piperidine rings is 1. The number of ether oxygens (including phenoxy) is 2. The van der Waals surface area contributed by atoms with Crippen molar-refractivity contribution in [1.29, 1.82) is 0 Å². The zero-order chi connectivity index (χ0) is 20.5. The highest BCUT2D eigenvalue weighted by molar-refractivity contribution is 14.0. The number of phenols is 1. The molecule has 30 heavy (non-hydrogen) atoms. The van der Waals surface area contributed by atoms with Crippen molar-refractivity contribution < 1.29 is 14.6 Å². The van der Waals surface area contributed by atoms with Gasteiger partial charge in [0.25, 0.3) is 0 Å². The molecule has 0 aliphatic carbocycles. The lowest BCUT2D eigenvalue weighted by Gasteiger charge is -2.34. The van der Waals surface area contributed by atoms with Crippen LogP contribution in [-0.4, -0.2) is 55.4 Å². The Balaban J connectivity index is 0.00000320. The molecule has 1 aliphatic rings. The van der Waals surface area contributed by atoms with Crippen LogP contribution in [0, 0.1) is 0 Å². The number of halogens is 1. The molecule has 0 amide bonds. The number of likely N-dealkylation sites (tertiary alicyclic amines) is 1. The van der Waals surface area contributed by atoms with Crippen molar-refractivity contribution in [1.82, 2.24) is 10.2 Å². The largest absolute Gasteiger partial charge is 0.504 e. The summed E-state index contributed by atoms with van der Waals surface area (Å²) in [5.74, 6) is 2.56. The third kappa shape index (κ3) is 6.68. The molecule has 0 aromatic heterocycles. The quantitative estimate of drug-likeness (QED) is 0.324. The van der Waals surface area contributed by atoms with E-state index in [2.05, 4.69) is 17.1 Å². The molecular weight excluding hydrogens is 493 g/mol. The standard InChI is InChI=1S/C23H31N3O3.HI/c1-3-24-23(25-15-12-18-8-7-11-21(28-2)22(18)27)26-16-13-20(14-17-26)29-19-9-5-4-6-10-19;/h4-11,20,27H,3,12-17H2,1-2H3,(H,24,25);1H. The molecule has 3 rings (SSSR count). The number of guanidine groups is 1. The molecule has 0 unspecified atom stereocenters. The van der Waals surface area contributed by atoms with E-state index in [1.54, 1.807) is 13.2 Å². The minimum absolute atomic E-state index is 0. The van der Waals surface area contributed by atoms with E-state index in [-0.39, 0.29) is 35.8 Å². The molecule has 164 valence electrons. The topological polar surface area (TPSA) is 66.3 Å². The van der Waals surface area contributed by atoms with Crippen LogP contribution in [0.25, 0.3) is 0 Å². The summed E-state index contributed by atoms with van der Waals surface area (Å²) in [6.45, 7) is 5.32. The number of hydrogen-bond acceptors (Lipinski definition) is 4. The number of aromatic hydroxyl groups is 1. The Bertz CT molecular complexity index is 794. The Morgan fingerprint density at radius 3 is 2.53 bits per heavy atom. The summed E-state index contributed by atoms with van der Waals surface area (Å²) in [6.07, 6.45) is 2.84. The lowest BCUT2D eigenvalue weighted by Crippen LogP contribution is -2.47. The molecule has 1 saturated heterocycles. The molecule has 0 spiro atoms. The second kappa shape index (κ2) is 12.5. The van der Waals surface area contributed by atoms with Crippen LogP contribution in [0.15, 0.2) is 53.5 Å². The predicted molar refractivity (Wildman–Crippen MR) is 131 cm³/mol. The normalized spacial score (nSPS) is 14.7. The van der Waals surface area contributed by atoms with Gasteiger partial charge in [0.2, 0.25) is 0 Å². The molecule has 1 heterocycles. The van der Waals surface area contributed by atoms with E-state index in [4.69, 9.17) is 14.5 Å². The Morgan fingerprint density at radius 1 is 1.13 bits per heavy atom. The van der Waals surface area contributed by atoms with Crippen LogP contribution in [0.4, 0.5) is 0 Å². The smallest absolute Gasteiger partial charge is 0.193 e. The number of nitrogens with one attached hydrogen (secondary N) is 1. The highest BCUT2D eigenvalue weighted by Crippen LogP contribution is 2.29. The van der Waals surface area contributed by atoms with Crippen molar-refractivity contribution in [3.63, 3.8) is 0 Å². The molecule has 2 aromatic carbocycles. The number of benzene rings is 2. The summed E-state index contributed by atoms with van der Waals surface area (Å²) >= 11 is 0. The van der Waals surface area contributed by atoms with Gasteiger partial charge in [-0.05, 0) is 37.1 Å². The van der Waals surface area contributed by atoms with Crippen LogP contribution >= 0.6 is 24.0 Å². The van der Waals surface area contributed by atoms with E-state index >= 15 is 0 Å². The number of nitrogens with zero attached hydrogens (tertiary/aromatic N) is 2. The first-order valence-corrected chi connectivity index (χ1v) is 10.3. The fourth-order valence-electron chi connectivity index (χ4n) is 3.52. The van der Waals surface area contributed by atoms with Gasteiger partial charge < -0.3 is 24.8 Å². The molecule has 0 bridgehead atoms. The van der Waals surface area contributed by atoms with E-state index in [0.29, 0.717) is 18.7 Å². The van der Waals surface area contributed by atoms with Crippen LogP contribution in [-0.2, 0) is 6.42 Å².